The molecule has 4 nitrogen and oxygen atoms in total. The Kier molecular flexibility index (Phi) is 5.15. The molecule has 1 rings (SSSR count). The van der Waals surface area contributed by atoms with Crippen LogP contribution in [-0.2, 0) is 4.79 Å². The third kappa shape index (κ3) is 4.55. The van der Waals surface area contributed by atoms with Crippen molar-refractivity contribution in [2.24, 2.45) is 5.92 Å². The Morgan fingerprint density at radius 3 is 2.44 bits per heavy atom. The summed E-state index contributed by atoms with van der Waals surface area (Å²) >= 11 is 0. The van der Waals surface area contributed by atoms with Gasteiger partial charge in [0.1, 0.15) is 5.78 Å². The minimum absolute atomic E-state index is 0.0106. The van der Waals surface area contributed by atoms with Crippen molar-refractivity contribution in [1.82, 2.24) is 0 Å². The Bertz CT molecular complexity index is 291. The topological polar surface area (TPSA) is 60.2 Å². The summed E-state index contributed by atoms with van der Waals surface area (Å²) in [6, 6.07) is 0. The largest absolute Gasteiger partial charge is 0.300 e. The predicted molar refractivity (Wildman–Crippen MR) is 61.6 cm³/mol. The smallest absolute Gasteiger partial charge is 0.243 e. The third-order valence-electron chi connectivity index (χ3n) is 3.05. The minimum atomic E-state index is -0.336. The molecule has 0 saturated heterocycles. The van der Waals surface area contributed by atoms with Gasteiger partial charge in [-0.2, -0.15) is 0 Å². The summed E-state index contributed by atoms with van der Waals surface area (Å²) < 4.78 is 0. The lowest BCUT2D eigenvalue weighted by Gasteiger charge is -2.17. The number of nitro groups is 1. The van der Waals surface area contributed by atoms with Crippen molar-refractivity contribution >= 4 is 5.78 Å². The summed E-state index contributed by atoms with van der Waals surface area (Å²) in [5, 5.41) is 10.8. The quantitative estimate of drug-likeness (QED) is 0.533. The van der Waals surface area contributed by atoms with Crippen molar-refractivity contribution in [1.29, 1.82) is 0 Å². The Morgan fingerprint density at radius 1 is 1.31 bits per heavy atom. The predicted octanol–water partition coefficient (Wildman–Crippen LogP) is 3.10. The molecule has 1 aliphatic rings. The van der Waals surface area contributed by atoms with E-state index < -0.39 is 0 Å². The molecule has 0 spiro atoms. The number of nitrogens with zero attached hydrogens (tertiary/aromatic N) is 1. The van der Waals surface area contributed by atoms with Crippen LogP contribution in [0, 0.1) is 16.0 Å². The second-order valence-electron chi connectivity index (χ2n) is 4.52. The van der Waals surface area contributed by atoms with E-state index in [4.69, 9.17) is 0 Å². The molecule has 0 aromatic heterocycles. The number of allylic oxidation sites excluding steroid dienone is 2. The van der Waals surface area contributed by atoms with E-state index in [-0.39, 0.29) is 29.2 Å². The highest BCUT2D eigenvalue weighted by Crippen LogP contribution is 2.26. The molecule has 0 amide bonds. The second kappa shape index (κ2) is 6.40. The lowest BCUT2D eigenvalue weighted by atomic mass is 9.88. The number of hydrogen-bond acceptors (Lipinski definition) is 3. The molecular weight excluding hydrogens is 206 g/mol. The number of rotatable bonds is 5. The summed E-state index contributed by atoms with van der Waals surface area (Å²) in [6.45, 7) is 1.47. The SMILES string of the molecule is CC(=O)CC/C(=C\C1CCCCC1)[N+](=O)[O-]. The Morgan fingerprint density at radius 2 is 1.94 bits per heavy atom. The number of Topliss-reactive ketones (excluding diaryl/α,β-unsaturated/α-hetero) is 1. The monoisotopic (exact) mass is 225 g/mol. The van der Waals surface area contributed by atoms with Crippen LogP contribution in [0.1, 0.15) is 51.9 Å². The molecule has 1 fully saturated rings. The highest BCUT2D eigenvalue weighted by atomic mass is 16.6. The molecule has 0 aromatic carbocycles. The average Bonchev–Trinajstić information content (AvgIpc) is 2.25. The van der Waals surface area contributed by atoms with Gasteiger partial charge in [-0.15, -0.1) is 0 Å². The number of ketones is 1. The normalized spacial score (nSPS) is 18.4. The Labute approximate surface area is 95.9 Å². The van der Waals surface area contributed by atoms with Gasteiger partial charge in [-0.1, -0.05) is 19.3 Å². The van der Waals surface area contributed by atoms with Gasteiger partial charge in [0, 0.05) is 12.8 Å². The van der Waals surface area contributed by atoms with Crippen LogP contribution in [0.3, 0.4) is 0 Å². The van der Waals surface area contributed by atoms with Crippen molar-refractivity contribution in [3.63, 3.8) is 0 Å². The van der Waals surface area contributed by atoms with Crippen LogP contribution in [0.25, 0.3) is 0 Å². The minimum Gasteiger partial charge on any atom is -0.300 e. The molecule has 1 aliphatic carbocycles. The van der Waals surface area contributed by atoms with Crippen LogP contribution in [0.2, 0.25) is 0 Å². The highest BCUT2D eigenvalue weighted by Gasteiger charge is 2.17. The summed E-state index contributed by atoms with van der Waals surface area (Å²) in [4.78, 5) is 21.3. The van der Waals surface area contributed by atoms with Crippen LogP contribution in [0.5, 0.6) is 0 Å². The molecule has 0 unspecified atom stereocenters. The number of hydrogen-bond donors (Lipinski definition) is 0. The van der Waals surface area contributed by atoms with Crippen LogP contribution in [0.4, 0.5) is 0 Å². The van der Waals surface area contributed by atoms with E-state index in [1.165, 1.54) is 26.2 Å². The van der Waals surface area contributed by atoms with Crippen LogP contribution < -0.4 is 0 Å². The van der Waals surface area contributed by atoms with E-state index >= 15 is 0 Å². The summed E-state index contributed by atoms with van der Waals surface area (Å²) in [5.74, 6) is 0.359. The van der Waals surface area contributed by atoms with Gasteiger partial charge < -0.3 is 4.79 Å². The lowest BCUT2D eigenvalue weighted by molar-refractivity contribution is -0.428. The summed E-state index contributed by atoms with van der Waals surface area (Å²) in [7, 11) is 0. The first kappa shape index (κ1) is 12.9. The van der Waals surface area contributed by atoms with Gasteiger partial charge in [-0.3, -0.25) is 10.1 Å². The molecule has 4 heteroatoms. The zero-order valence-corrected chi connectivity index (χ0v) is 9.78. The van der Waals surface area contributed by atoms with Crippen molar-refractivity contribution in [3.8, 4) is 0 Å². The average molecular weight is 225 g/mol. The van der Waals surface area contributed by atoms with E-state index in [1.54, 1.807) is 6.08 Å². The second-order valence-corrected chi connectivity index (χ2v) is 4.52. The van der Waals surface area contributed by atoms with Crippen molar-refractivity contribution in [2.75, 3.05) is 0 Å². The van der Waals surface area contributed by atoms with E-state index in [1.807, 2.05) is 0 Å². The molecule has 0 atom stereocenters. The van der Waals surface area contributed by atoms with E-state index in [2.05, 4.69) is 0 Å². The fraction of sp³-hybridized carbons (Fsp3) is 0.750. The van der Waals surface area contributed by atoms with Crippen LogP contribution in [0.15, 0.2) is 11.8 Å². The Balaban J connectivity index is 2.56. The third-order valence-corrected chi connectivity index (χ3v) is 3.05. The molecule has 0 bridgehead atoms. The molecule has 0 heterocycles. The van der Waals surface area contributed by atoms with Crippen LogP contribution >= 0.6 is 0 Å². The van der Waals surface area contributed by atoms with Gasteiger partial charge in [-0.25, -0.2) is 0 Å². The van der Waals surface area contributed by atoms with Crippen LogP contribution in [-0.4, -0.2) is 10.7 Å². The zero-order valence-electron chi connectivity index (χ0n) is 9.78. The van der Waals surface area contributed by atoms with Gasteiger partial charge >= 0.3 is 0 Å². The standard InChI is InChI=1S/C12H19NO3/c1-10(14)7-8-12(13(15)16)9-11-5-3-2-4-6-11/h9,11H,2-8H2,1H3/b12-9+. The van der Waals surface area contributed by atoms with Gasteiger partial charge in [0.2, 0.25) is 5.70 Å². The maximum Gasteiger partial charge on any atom is 0.243 e. The van der Waals surface area contributed by atoms with E-state index in [0.29, 0.717) is 5.92 Å². The molecule has 1 saturated carbocycles. The first-order chi connectivity index (χ1) is 7.59. The van der Waals surface area contributed by atoms with Crippen molar-refractivity contribution in [3.05, 3.63) is 21.9 Å². The molecule has 0 aromatic rings. The van der Waals surface area contributed by atoms with Gasteiger partial charge in [0.05, 0.1) is 4.92 Å². The highest BCUT2D eigenvalue weighted by molar-refractivity contribution is 5.75. The van der Waals surface area contributed by atoms with Gasteiger partial charge in [0.25, 0.3) is 0 Å². The molecule has 16 heavy (non-hydrogen) atoms. The maximum absolute atomic E-state index is 10.8. The van der Waals surface area contributed by atoms with Gasteiger partial charge in [0.15, 0.2) is 0 Å². The number of carbonyl (C=O) groups excluding carboxylic acids is 1. The first-order valence-corrected chi connectivity index (χ1v) is 5.94. The Hall–Kier alpha value is -1.19. The maximum atomic E-state index is 10.8. The van der Waals surface area contributed by atoms with Gasteiger partial charge in [-0.05, 0) is 31.8 Å². The lowest BCUT2D eigenvalue weighted by Crippen LogP contribution is -2.08. The molecule has 90 valence electrons. The molecule has 0 aliphatic heterocycles. The molecular formula is C12H19NO3. The van der Waals surface area contributed by atoms with E-state index in [9.17, 15) is 14.9 Å². The summed E-state index contributed by atoms with van der Waals surface area (Å²) in [6.07, 6.45) is 8.01. The zero-order chi connectivity index (χ0) is 12.0. The molecule has 0 N–H and O–H groups in total. The summed E-state index contributed by atoms with van der Waals surface area (Å²) in [5.41, 5.74) is 0.224. The fourth-order valence-electron chi connectivity index (χ4n) is 2.11. The molecule has 0 radical (unpaired) electrons. The fourth-order valence-corrected chi connectivity index (χ4v) is 2.11. The van der Waals surface area contributed by atoms with Crippen molar-refractivity contribution in [2.45, 2.75) is 51.9 Å². The number of carbonyl (C=O) groups is 1. The first-order valence-electron chi connectivity index (χ1n) is 5.94. The van der Waals surface area contributed by atoms with E-state index in [0.717, 1.165) is 12.8 Å². The van der Waals surface area contributed by atoms with Crippen molar-refractivity contribution < 1.29 is 9.72 Å².